The Morgan fingerprint density at radius 1 is 1.70 bits per heavy atom. The van der Waals surface area contributed by atoms with Crippen LogP contribution in [0.3, 0.4) is 0 Å². The largest absolute Gasteiger partial charge is 0.451 e. The van der Waals surface area contributed by atoms with Gasteiger partial charge in [0.1, 0.15) is 18.1 Å². The molecule has 10 heavy (non-hydrogen) atoms. The highest BCUT2D eigenvalue weighted by atomic mass is 16.3. The molecule has 2 N–H and O–H groups in total. The minimum absolute atomic E-state index is 0.0476. The first-order valence-electron chi connectivity index (χ1n) is 3.01. The first kappa shape index (κ1) is 7.24. The van der Waals surface area contributed by atoms with Crippen LogP contribution in [0.25, 0.3) is 0 Å². The molecule has 1 heterocycles. The second-order valence-corrected chi connectivity index (χ2v) is 1.94. The number of nitrogens with zero attached hydrogens (tertiary/aromatic N) is 1. The quantitative estimate of drug-likeness (QED) is 0.629. The van der Waals surface area contributed by atoms with Gasteiger partial charge in [-0.1, -0.05) is 0 Å². The molecule has 1 rings (SSSR count). The van der Waals surface area contributed by atoms with Gasteiger partial charge in [0.25, 0.3) is 0 Å². The molecule has 1 aromatic heterocycles. The van der Waals surface area contributed by atoms with E-state index in [0.717, 1.165) is 0 Å². The van der Waals surface area contributed by atoms with Crippen molar-refractivity contribution >= 4 is 0 Å². The van der Waals surface area contributed by atoms with E-state index in [2.05, 4.69) is 9.40 Å². The Balaban J connectivity index is 2.50. The van der Waals surface area contributed by atoms with Gasteiger partial charge >= 0.3 is 0 Å². The van der Waals surface area contributed by atoms with Crippen molar-refractivity contribution in [1.29, 1.82) is 0 Å². The van der Waals surface area contributed by atoms with E-state index in [9.17, 15) is 0 Å². The zero-order valence-electron chi connectivity index (χ0n) is 5.40. The van der Waals surface area contributed by atoms with Gasteiger partial charge in [-0.15, -0.1) is 0 Å². The van der Waals surface area contributed by atoms with Crippen molar-refractivity contribution in [1.82, 2.24) is 4.98 Å². The fraction of sp³-hybridized carbons (Fsp3) is 0.500. The highest BCUT2D eigenvalue weighted by Crippen LogP contribution is 2.12. The summed E-state index contributed by atoms with van der Waals surface area (Å²) >= 11 is 0. The molecule has 0 saturated carbocycles. The second-order valence-electron chi connectivity index (χ2n) is 1.94. The molecule has 0 aliphatic heterocycles. The second kappa shape index (κ2) is 3.34. The molecular formula is C6H9NO3. The molecule has 0 saturated heterocycles. The summed E-state index contributed by atoms with van der Waals surface area (Å²) in [5.74, 6) is 0. The Morgan fingerprint density at radius 2 is 2.50 bits per heavy atom. The third-order valence-corrected chi connectivity index (χ3v) is 1.20. The molecule has 0 spiro atoms. The number of oxazole rings is 1. The summed E-state index contributed by atoms with van der Waals surface area (Å²) in [6.07, 6.45) is 2.20. The summed E-state index contributed by atoms with van der Waals surface area (Å²) < 4.78 is 4.63. The number of rotatable bonds is 3. The van der Waals surface area contributed by atoms with Gasteiger partial charge in [0, 0.05) is 13.0 Å². The maximum absolute atomic E-state index is 9.13. The van der Waals surface area contributed by atoms with E-state index in [4.69, 9.17) is 10.2 Å². The molecule has 56 valence electrons. The van der Waals surface area contributed by atoms with Gasteiger partial charge < -0.3 is 14.6 Å². The van der Waals surface area contributed by atoms with Crippen molar-refractivity contribution in [3.8, 4) is 0 Å². The summed E-state index contributed by atoms with van der Waals surface area (Å²) in [5.41, 5.74) is 0.467. The number of aromatic nitrogens is 1. The van der Waals surface area contributed by atoms with Gasteiger partial charge in [0.15, 0.2) is 6.39 Å². The molecule has 0 aliphatic rings. The zero-order chi connectivity index (χ0) is 7.40. The molecule has 1 unspecified atom stereocenters. The average molecular weight is 143 g/mol. The van der Waals surface area contributed by atoms with Gasteiger partial charge in [-0.2, -0.15) is 0 Å². The van der Waals surface area contributed by atoms with E-state index in [1.165, 1.54) is 12.7 Å². The fourth-order valence-corrected chi connectivity index (χ4v) is 0.657. The molecular weight excluding hydrogens is 134 g/mol. The number of aliphatic hydroxyl groups excluding tert-OH is 2. The minimum Gasteiger partial charge on any atom is -0.451 e. The molecule has 0 radical (unpaired) electrons. The van der Waals surface area contributed by atoms with E-state index in [1.54, 1.807) is 0 Å². The van der Waals surface area contributed by atoms with Gasteiger partial charge in [-0.05, 0) is 0 Å². The van der Waals surface area contributed by atoms with E-state index in [1.807, 2.05) is 0 Å². The summed E-state index contributed by atoms with van der Waals surface area (Å²) in [4.78, 5) is 3.71. The van der Waals surface area contributed by atoms with Crippen LogP contribution in [-0.4, -0.2) is 21.8 Å². The summed E-state index contributed by atoms with van der Waals surface area (Å²) in [6, 6.07) is 0. The lowest BCUT2D eigenvalue weighted by atomic mass is 10.2. The Morgan fingerprint density at radius 3 is 3.00 bits per heavy atom. The number of hydrogen-bond acceptors (Lipinski definition) is 4. The van der Waals surface area contributed by atoms with Crippen molar-refractivity contribution < 1.29 is 14.6 Å². The number of aliphatic hydroxyl groups is 2. The Kier molecular flexibility index (Phi) is 2.42. The van der Waals surface area contributed by atoms with Crippen molar-refractivity contribution in [2.45, 2.75) is 12.5 Å². The lowest BCUT2D eigenvalue weighted by molar-refractivity contribution is 0.130. The van der Waals surface area contributed by atoms with Crippen molar-refractivity contribution in [2.75, 3.05) is 6.61 Å². The molecule has 0 aromatic carbocycles. The molecule has 0 aliphatic carbocycles. The Labute approximate surface area is 58.1 Å². The first-order valence-corrected chi connectivity index (χ1v) is 3.01. The third-order valence-electron chi connectivity index (χ3n) is 1.20. The van der Waals surface area contributed by atoms with Crippen LogP contribution in [-0.2, 0) is 0 Å². The topological polar surface area (TPSA) is 66.5 Å². The lowest BCUT2D eigenvalue weighted by Crippen LogP contribution is -1.99. The highest BCUT2D eigenvalue weighted by molar-refractivity contribution is 4.95. The summed E-state index contributed by atoms with van der Waals surface area (Å²) in [5, 5.41) is 17.5. The molecule has 4 nitrogen and oxygen atoms in total. The van der Waals surface area contributed by atoms with E-state index in [0.29, 0.717) is 12.1 Å². The van der Waals surface area contributed by atoms with E-state index < -0.39 is 6.10 Å². The summed E-state index contributed by atoms with van der Waals surface area (Å²) in [7, 11) is 0. The van der Waals surface area contributed by atoms with Crippen LogP contribution < -0.4 is 0 Å². The number of hydrogen-bond donors (Lipinski definition) is 2. The molecule has 1 atom stereocenters. The predicted molar refractivity (Wildman–Crippen MR) is 33.2 cm³/mol. The summed E-state index contributed by atoms with van der Waals surface area (Å²) in [6.45, 7) is -0.0476. The smallest absolute Gasteiger partial charge is 0.180 e. The molecule has 4 heteroatoms. The van der Waals surface area contributed by atoms with Crippen LogP contribution in [0.5, 0.6) is 0 Å². The van der Waals surface area contributed by atoms with Gasteiger partial charge in [0.05, 0.1) is 0 Å². The third kappa shape index (κ3) is 1.55. The lowest BCUT2D eigenvalue weighted by Gasteiger charge is -2.01. The minimum atomic E-state index is -0.705. The van der Waals surface area contributed by atoms with Crippen LogP contribution in [0.4, 0.5) is 0 Å². The van der Waals surface area contributed by atoms with Crippen molar-refractivity contribution in [2.24, 2.45) is 0 Å². The van der Waals surface area contributed by atoms with Crippen LogP contribution >= 0.6 is 0 Å². The van der Waals surface area contributed by atoms with Crippen LogP contribution in [0.1, 0.15) is 18.2 Å². The zero-order valence-corrected chi connectivity index (χ0v) is 5.40. The normalized spacial score (nSPS) is 13.4. The highest BCUT2D eigenvalue weighted by Gasteiger charge is 2.08. The van der Waals surface area contributed by atoms with Crippen LogP contribution in [0.15, 0.2) is 17.1 Å². The molecule has 0 fully saturated rings. The molecule has 0 amide bonds. The fourth-order valence-electron chi connectivity index (χ4n) is 0.657. The SMILES string of the molecule is OCCC(O)c1cocn1. The first-order chi connectivity index (χ1) is 4.84. The van der Waals surface area contributed by atoms with Crippen molar-refractivity contribution in [3.05, 3.63) is 18.4 Å². The maximum Gasteiger partial charge on any atom is 0.180 e. The van der Waals surface area contributed by atoms with Crippen LogP contribution in [0.2, 0.25) is 0 Å². The predicted octanol–water partition coefficient (Wildman–Crippen LogP) is 0.0904. The standard InChI is InChI=1S/C6H9NO3/c8-2-1-6(9)5-3-10-4-7-5/h3-4,6,8-9H,1-2H2. The van der Waals surface area contributed by atoms with Crippen LogP contribution in [0, 0.1) is 0 Å². The van der Waals surface area contributed by atoms with E-state index in [-0.39, 0.29) is 6.61 Å². The Bertz CT molecular complexity index is 173. The van der Waals surface area contributed by atoms with Crippen molar-refractivity contribution in [3.63, 3.8) is 0 Å². The molecule has 0 bridgehead atoms. The van der Waals surface area contributed by atoms with Gasteiger partial charge in [0.2, 0.25) is 0 Å². The van der Waals surface area contributed by atoms with Gasteiger partial charge in [-0.3, -0.25) is 0 Å². The van der Waals surface area contributed by atoms with E-state index >= 15 is 0 Å². The Hall–Kier alpha value is -0.870. The average Bonchev–Trinajstić information content (AvgIpc) is 2.38. The monoisotopic (exact) mass is 143 g/mol. The molecule has 1 aromatic rings. The van der Waals surface area contributed by atoms with Gasteiger partial charge in [-0.25, -0.2) is 4.98 Å². The maximum atomic E-state index is 9.13.